The van der Waals surface area contributed by atoms with Crippen molar-refractivity contribution in [2.24, 2.45) is 0 Å². The van der Waals surface area contributed by atoms with E-state index in [-0.39, 0.29) is 5.91 Å². The van der Waals surface area contributed by atoms with E-state index in [4.69, 9.17) is 0 Å². The van der Waals surface area contributed by atoms with Gasteiger partial charge in [0, 0.05) is 18.7 Å². The first-order valence-electron chi connectivity index (χ1n) is 8.53. The van der Waals surface area contributed by atoms with Crippen LogP contribution in [0.25, 0.3) is 0 Å². The quantitative estimate of drug-likeness (QED) is 0.875. The van der Waals surface area contributed by atoms with Gasteiger partial charge >= 0.3 is 0 Å². The van der Waals surface area contributed by atoms with E-state index in [9.17, 15) is 4.79 Å². The van der Waals surface area contributed by atoms with Gasteiger partial charge in [0.25, 0.3) is 0 Å². The minimum atomic E-state index is 0.0543. The molecule has 1 N–H and O–H groups in total. The smallest absolute Gasteiger partial charge is 0.230 e. The number of carbonyl (C=O) groups excluding carboxylic acids is 1. The molecular formula is C18H24N4OS. The number of hydrogen-bond donors (Lipinski definition) is 1. The SMILES string of the molecule is Cc1cccc(CSCC(=O)NCc2nnc3n2CCCCC3)c1. The summed E-state index contributed by atoms with van der Waals surface area (Å²) in [4.78, 5) is 12.0. The van der Waals surface area contributed by atoms with Crippen LogP contribution >= 0.6 is 11.8 Å². The summed E-state index contributed by atoms with van der Waals surface area (Å²) in [6, 6.07) is 8.41. The van der Waals surface area contributed by atoms with Crippen molar-refractivity contribution in [1.82, 2.24) is 20.1 Å². The molecule has 0 saturated carbocycles. The molecule has 0 radical (unpaired) electrons. The number of nitrogens with zero attached hydrogens (tertiary/aromatic N) is 3. The summed E-state index contributed by atoms with van der Waals surface area (Å²) in [5.74, 6) is 3.32. The molecule has 24 heavy (non-hydrogen) atoms. The molecule has 0 bridgehead atoms. The maximum Gasteiger partial charge on any atom is 0.230 e. The van der Waals surface area contributed by atoms with Gasteiger partial charge in [0.1, 0.15) is 5.82 Å². The molecule has 5 nitrogen and oxygen atoms in total. The van der Waals surface area contributed by atoms with E-state index in [1.807, 2.05) is 0 Å². The van der Waals surface area contributed by atoms with Crippen LogP contribution < -0.4 is 5.32 Å². The van der Waals surface area contributed by atoms with Gasteiger partial charge in [-0.25, -0.2) is 0 Å². The van der Waals surface area contributed by atoms with Gasteiger partial charge in [-0.2, -0.15) is 0 Å². The Morgan fingerprint density at radius 2 is 2.21 bits per heavy atom. The zero-order valence-electron chi connectivity index (χ0n) is 14.1. The van der Waals surface area contributed by atoms with Crippen molar-refractivity contribution in [3.8, 4) is 0 Å². The van der Waals surface area contributed by atoms with E-state index in [0.717, 1.165) is 30.4 Å². The van der Waals surface area contributed by atoms with Crippen LogP contribution in [0.1, 0.15) is 42.0 Å². The van der Waals surface area contributed by atoms with Crippen molar-refractivity contribution < 1.29 is 4.79 Å². The number of aryl methyl sites for hydroxylation is 2. The number of nitrogens with one attached hydrogen (secondary N) is 1. The average molecular weight is 344 g/mol. The Hall–Kier alpha value is -1.82. The summed E-state index contributed by atoms with van der Waals surface area (Å²) >= 11 is 1.64. The first-order chi connectivity index (χ1) is 11.7. The predicted molar refractivity (Wildman–Crippen MR) is 96.8 cm³/mol. The third-order valence-electron chi connectivity index (χ3n) is 4.21. The summed E-state index contributed by atoms with van der Waals surface area (Å²) in [7, 11) is 0. The van der Waals surface area contributed by atoms with Crippen molar-refractivity contribution in [2.75, 3.05) is 5.75 Å². The number of amides is 1. The highest BCUT2D eigenvalue weighted by Gasteiger charge is 2.15. The van der Waals surface area contributed by atoms with Gasteiger partial charge in [0.2, 0.25) is 5.91 Å². The standard InChI is InChI=1S/C18H24N4OS/c1-14-6-5-7-15(10-14)12-24-13-18(23)19-11-17-21-20-16-8-3-2-4-9-22(16)17/h5-7,10H,2-4,8-9,11-13H2,1H3,(H,19,23). The van der Waals surface area contributed by atoms with Crippen molar-refractivity contribution in [2.45, 2.75) is 51.4 Å². The number of carbonyl (C=O) groups is 1. The largest absolute Gasteiger partial charge is 0.348 e. The first-order valence-corrected chi connectivity index (χ1v) is 9.69. The van der Waals surface area contributed by atoms with Gasteiger partial charge in [-0.15, -0.1) is 22.0 Å². The molecule has 2 heterocycles. The van der Waals surface area contributed by atoms with Crippen LogP contribution in [0.15, 0.2) is 24.3 Å². The van der Waals surface area contributed by atoms with Crippen molar-refractivity contribution in [1.29, 1.82) is 0 Å². The van der Waals surface area contributed by atoms with E-state index < -0.39 is 0 Å². The molecule has 0 unspecified atom stereocenters. The highest BCUT2D eigenvalue weighted by Crippen LogP contribution is 2.15. The third kappa shape index (κ3) is 4.60. The highest BCUT2D eigenvalue weighted by atomic mass is 32.2. The minimum Gasteiger partial charge on any atom is -0.348 e. The summed E-state index contributed by atoms with van der Waals surface area (Å²) < 4.78 is 2.17. The summed E-state index contributed by atoms with van der Waals surface area (Å²) in [6.07, 6.45) is 4.58. The maximum atomic E-state index is 12.0. The Labute approximate surface area is 147 Å². The van der Waals surface area contributed by atoms with Gasteiger partial charge in [-0.05, 0) is 25.3 Å². The molecule has 0 atom stereocenters. The number of benzene rings is 1. The molecule has 0 spiro atoms. The van der Waals surface area contributed by atoms with Crippen LogP contribution in [0.4, 0.5) is 0 Å². The number of thioether (sulfide) groups is 1. The number of hydrogen-bond acceptors (Lipinski definition) is 4. The molecule has 1 amide bonds. The fourth-order valence-corrected chi connectivity index (χ4v) is 3.77. The lowest BCUT2D eigenvalue weighted by atomic mass is 10.2. The minimum absolute atomic E-state index is 0.0543. The Bertz CT molecular complexity index is 698. The fourth-order valence-electron chi connectivity index (χ4n) is 2.97. The van der Waals surface area contributed by atoms with Crippen LogP contribution in [-0.4, -0.2) is 26.4 Å². The molecule has 2 aromatic rings. The van der Waals surface area contributed by atoms with Crippen LogP contribution in [0.3, 0.4) is 0 Å². The third-order valence-corrected chi connectivity index (χ3v) is 5.22. The molecule has 0 saturated heterocycles. The van der Waals surface area contributed by atoms with Gasteiger partial charge in [0.05, 0.1) is 12.3 Å². The van der Waals surface area contributed by atoms with Gasteiger partial charge in [-0.3, -0.25) is 4.79 Å². The predicted octanol–water partition coefficient (Wildman–Crippen LogP) is 2.86. The Kier molecular flexibility index (Phi) is 5.91. The van der Waals surface area contributed by atoms with Gasteiger partial charge in [-0.1, -0.05) is 36.2 Å². The zero-order chi connectivity index (χ0) is 16.8. The molecular weight excluding hydrogens is 320 g/mol. The fraction of sp³-hybridized carbons (Fsp3) is 0.500. The Balaban J connectivity index is 1.43. The number of aromatic nitrogens is 3. The van der Waals surface area contributed by atoms with Gasteiger partial charge in [0.15, 0.2) is 5.82 Å². The highest BCUT2D eigenvalue weighted by molar-refractivity contribution is 7.99. The average Bonchev–Trinajstić information content (AvgIpc) is 2.80. The molecule has 0 aliphatic carbocycles. The summed E-state index contributed by atoms with van der Waals surface area (Å²) in [6.45, 7) is 3.52. The number of fused-ring (bicyclic) bond motifs is 1. The van der Waals surface area contributed by atoms with E-state index in [2.05, 4.69) is 51.3 Å². The van der Waals surface area contributed by atoms with Crippen molar-refractivity contribution >= 4 is 17.7 Å². The second-order valence-electron chi connectivity index (χ2n) is 6.25. The maximum absolute atomic E-state index is 12.0. The van der Waals surface area contributed by atoms with Crippen LogP contribution in [0.2, 0.25) is 0 Å². The normalized spacial score (nSPS) is 14.0. The van der Waals surface area contributed by atoms with Crippen LogP contribution in [0.5, 0.6) is 0 Å². The molecule has 3 rings (SSSR count). The molecule has 1 aliphatic heterocycles. The number of rotatable bonds is 6. The van der Waals surface area contributed by atoms with E-state index in [1.165, 1.54) is 30.4 Å². The molecule has 128 valence electrons. The van der Waals surface area contributed by atoms with E-state index >= 15 is 0 Å². The van der Waals surface area contributed by atoms with Crippen LogP contribution in [-0.2, 0) is 30.1 Å². The first kappa shape index (κ1) is 17.0. The lowest BCUT2D eigenvalue weighted by Crippen LogP contribution is -2.26. The summed E-state index contributed by atoms with van der Waals surface area (Å²) in [5, 5.41) is 11.5. The monoisotopic (exact) mass is 344 g/mol. The topological polar surface area (TPSA) is 59.8 Å². The molecule has 1 aromatic heterocycles. The second-order valence-corrected chi connectivity index (χ2v) is 7.24. The Morgan fingerprint density at radius 1 is 1.29 bits per heavy atom. The molecule has 0 fully saturated rings. The van der Waals surface area contributed by atoms with Gasteiger partial charge < -0.3 is 9.88 Å². The lowest BCUT2D eigenvalue weighted by Gasteiger charge is -2.08. The molecule has 1 aliphatic rings. The Morgan fingerprint density at radius 3 is 3.08 bits per heavy atom. The molecule has 6 heteroatoms. The van der Waals surface area contributed by atoms with E-state index in [0.29, 0.717) is 12.3 Å². The zero-order valence-corrected chi connectivity index (χ0v) is 14.9. The summed E-state index contributed by atoms with van der Waals surface area (Å²) in [5.41, 5.74) is 2.51. The molecule has 1 aromatic carbocycles. The van der Waals surface area contributed by atoms with Crippen molar-refractivity contribution in [3.05, 3.63) is 47.0 Å². The van der Waals surface area contributed by atoms with Crippen LogP contribution in [0, 0.1) is 6.92 Å². The van der Waals surface area contributed by atoms with E-state index in [1.54, 1.807) is 11.8 Å². The lowest BCUT2D eigenvalue weighted by molar-refractivity contribution is -0.118. The van der Waals surface area contributed by atoms with Crippen molar-refractivity contribution in [3.63, 3.8) is 0 Å². The second kappa shape index (κ2) is 8.33.